The second-order valence-electron chi connectivity index (χ2n) is 31.7. The predicted molar refractivity (Wildman–Crippen MR) is 503 cm³/mol. The number of carbonyl (C=O) groups excluding carboxylic acids is 2. The van der Waals surface area contributed by atoms with Gasteiger partial charge in [0.1, 0.15) is 0 Å². The second-order valence-corrected chi connectivity index (χ2v) is 41.1. The van der Waals surface area contributed by atoms with E-state index in [1.165, 1.54) is 300 Å². The summed E-state index contributed by atoms with van der Waals surface area (Å²) in [7, 11) is 4.34. The molecule has 2 aliphatic rings. The normalized spacial score (nSPS) is 13.5. The van der Waals surface area contributed by atoms with E-state index in [-0.39, 0.29) is 11.8 Å². The van der Waals surface area contributed by atoms with Crippen LogP contribution in [-0.4, -0.2) is 42.3 Å². The maximum atomic E-state index is 16.7. The molecule has 0 spiro atoms. The zero-order valence-electron chi connectivity index (χ0n) is 68.0. The first-order valence-corrected chi connectivity index (χ1v) is 50.7. The first-order chi connectivity index (χ1) is 54.5. The van der Waals surface area contributed by atoms with E-state index in [0.29, 0.717) is 36.1 Å². The van der Waals surface area contributed by atoms with Crippen LogP contribution in [0.1, 0.15) is 329 Å². The number of halogens is 2. The van der Waals surface area contributed by atoms with Crippen molar-refractivity contribution in [3.63, 3.8) is 0 Å². The summed E-state index contributed by atoms with van der Waals surface area (Å²) >= 11 is 22.2. The third-order valence-electron chi connectivity index (χ3n) is 22.8. The SMILES string of the molecule is CCCCCCCCCCCCC(CCCCCCCCCC)CN1C(=O)C2=C(c3ccc(-c4ccc(-c5cc(CCCc6ccccc6)c(Br)s5)s4)s3)N(CC(CCCCCCCCCC)CCCCCCCCCCCC)C(=O)C2=C1c1ccc(-c2ccc(-c3cc(CCCc4ccccc4)c(Br)s3)s2)s1.[B]=NS. The number of thiol groups is 1. The molecular formula is C96H131BBr2N3O2S7. The Hall–Kier alpha value is -3.77. The first-order valence-electron chi connectivity index (χ1n) is 43.8. The molecule has 0 saturated carbocycles. The number of aryl methyl sites for hydroxylation is 4. The summed E-state index contributed by atoms with van der Waals surface area (Å²) in [6.45, 7) is 10.5. The Labute approximate surface area is 719 Å². The molecule has 8 aromatic rings. The Morgan fingerprint density at radius 1 is 0.324 bits per heavy atom. The number of nitrogens with zero attached hydrogens (tertiary/aromatic N) is 3. The minimum absolute atomic E-state index is 0.0385. The van der Waals surface area contributed by atoms with Gasteiger partial charge in [-0.1, -0.05) is 320 Å². The molecule has 601 valence electrons. The summed E-state index contributed by atoms with van der Waals surface area (Å²) in [6.07, 6.45) is 57.8. The van der Waals surface area contributed by atoms with Crippen LogP contribution in [0.15, 0.2) is 144 Å². The molecule has 111 heavy (non-hydrogen) atoms. The van der Waals surface area contributed by atoms with Crippen LogP contribution in [0.5, 0.6) is 0 Å². The molecule has 2 unspecified atom stereocenters. The Bertz CT molecular complexity index is 3750. The van der Waals surface area contributed by atoms with E-state index in [1.807, 2.05) is 45.3 Å². The zero-order valence-corrected chi connectivity index (χ0v) is 77.0. The molecule has 0 N–H and O–H groups in total. The number of rotatable bonds is 58. The van der Waals surface area contributed by atoms with E-state index in [0.717, 1.165) is 85.4 Å². The number of amides is 2. The molecule has 1 radical (unpaired) electrons. The van der Waals surface area contributed by atoms with Gasteiger partial charge in [0.2, 0.25) is 0 Å². The third kappa shape index (κ3) is 30.0. The average molecular weight is 1750 g/mol. The number of benzene rings is 2. The van der Waals surface area contributed by atoms with Crippen molar-refractivity contribution < 1.29 is 9.59 Å². The van der Waals surface area contributed by atoms with Crippen molar-refractivity contribution in [3.8, 4) is 39.0 Å². The molecule has 2 aromatic carbocycles. The van der Waals surface area contributed by atoms with Crippen molar-refractivity contribution in [1.82, 2.24) is 9.80 Å². The van der Waals surface area contributed by atoms with Crippen molar-refractivity contribution in [2.45, 2.75) is 323 Å². The summed E-state index contributed by atoms with van der Waals surface area (Å²) in [4.78, 5) is 49.8. The van der Waals surface area contributed by atoms with Gasteiger partial charge in [0.05, 0.1) is 39.9 Å². The van der Waals surface area contributed by atoms with Crippen LogP contribution < -0.4 is 0 Å². The van der Waals surface area contributed by atoms with Crippen LogP contribution in [0.2, 0.25) is 0 Å². The van der Waals surface area contributed by atoms with E-state index < -0.39 is 0 Å². The number of hydrogen-bond donors (Lipinski definition) is 1. The second kappa shape index (κ2) is 52.8. The van der Waals surface area contributed by atoms with Gasteiger partial charge in [0, 0.05) is 52.1 Å². The van der Waals surface area contributed by atoms with Crippen molar-refractivity contribution >= 4 is 144 Å². The number of thiophene rings is 6. The minimum atomic E-state index is 0.0385. The fraction of sp³-hybridized carbons (Fsp3) is 0.562. The average Bonchev–Trinajstić information content (AvgIpc) is 1.55. The molecule has 0 saturated heterocycles. The summed E-state index contributed by atoms with van der Waals surface area (Å²) in [6, 6.07) is 44.9. The molecule has 2 amide bonds. The first kappa shape index (κ1) is 91.1. The van der Waals surface area contributed by atoms with Gasteiger partial charge in [0.25, 0.3) is 11.8 Å². The molecule has 0 fully saturated rings. The van der Waals surface area contributed by atoms with Crippen LogP contribution in [0.3, 0.4) is 0 Å². The predicted octanol–water partition coefficient (Wildman–Crippen LogP) is 33.5. The Balaban J connectivity index is 0.00000464. The van der Waals surface area contributed by atoms with Crippen molar-refractivity contribution in [2.24, 2.45) is 16.1 Å². The molecule has 10 rings (SSSR count). The van der Waals surface area contributed by atoms with Gasteiger partial charge in [0.15, 0.2) is 0 Å². The monoisotopic (exact) mass is 1750 g/mol. The standard InChI is InChI=1S/C96H130Br2N2O2S6.BHNS/c1-5-9-13-17-21-25-27-31-35-41-55-75(53-39-33-29-23-19-15-11-7-3)71-99-91(85-67-65-81(105-85)79-61-63-83(103-79)87-69-77(93(97)107-87)59-47-57-73-49-43-37-44-50-73)89-90(95(99)101)92(100(96(89)102)72-76(54-40-34-30-24-20-16-12-8-4)56-42-36-32-28-26-22-18-14-10-6-2)86-68-66-82(106-86)80-62-64-84(104-80)88-70-78(94(98)108-88)60-48-58-74-51-45-38-46-52-74;1-2-3/h37-38,43-46,49-52,61-70,75-76H,5-36,39-42,47-48,53-60,71-72H2,1-4H3;3H. The van der Waals surface area contributed by atoms with Gasteiger partial charge in [-0.3, -0.25) is 9.59 Å². The quantitative estimate of drug-likeness (QED) is 0.0235. The number of unbranched alkanes of at least 4 members (excludes halogenated alkanes) is 32. The summed E-state index contributed by atoms with van der Waals surface area (Å²) in [5.41, 5.74) is 8.60. The number of hydrogen-bond acceptors (Lipinski definition) is 10. The number of fused-ring (bicyclic) bond motifs is 1. The maximum absolute atomic E-state index is 16.7. The molecule has 0 aliphatic carbocycles. The van der Waals surface area contributed by atoms with Crippen LogP contribution >= 0.6 is 113 Å². The van der Waals surface area contributed by atoms with Crippen LogP contribution in [-0.2, 0) is 35.3 Å². The molecule has 15 heteroatoms. The fourth-order valence-electron chi connectivity index (χ4n) is 16.5. The van der Waals surface area contributed by atoms with Crippen LogP contribution in [0, 0.1) is 11.8 Å². The summed E-state index contributed by atoms with van der Waals surface area (Å²) in [5, 5.41) is 0. The summed E-state index contributed by atoms with van der Waals surface area (Å²) in [5.74, 6) is 0.759. The van der Waals surface area contributed by atoms with E-state index in [2.05, 4.69) is 215 Å². The molecule has 2 aliphatic heterocycles. The van der Waals surface area contributed by atoms with Gasteiger partial charge in [-0.25, -0.2) is 0 Å². The van der Waals surface area contributed by atoms with Gasteiger partial charge in [-0.2, -0.15) is 0 Å². The van der Waals surface area contributed by atoms with Gasteiger partial charge in [-0.05, 0) is 191 Å². The molecule has 6 aromatic heterocycles. The van der Waals surface area contributed by atoms with Crippen molar-refractivity contribution in [3.05, 3.63) is 172 Å². The Kier molecular flexibility index (Phi) is 43.4. The molecular weight excluding hydrogens is 1620 g/mol. The van der Waals surface area contributed by atoms with Crippen LogP contribution in [0.25, 0.3) is 50.4 Å². The molecule has 8 heterocycles. The van der Waals surface area contributed by atoms with E-state index in [4.69, 9.17) is 0 Å². The van der Waals surface area contributed by atoms with Crippen LogP contribution in [0.4, 0.5) is 0 Å². The van der Waals surface area contributed by atoms with Gasteiger partial charge >= 0.3 is 24.8 Å². The fourth-order valence-corrected chi connectivity index (χ4v) is 24.5. The van der Waals surface area contributed by atoms with Gasteiger partial charge in [-0.15, -0.1) is 68.0 Å². The van der Waals surface area contributed by atoms with E-state index >= 15 is 9.59 Å². The molecule has 5 nitrogen and oxygen atoms in total. The third-order valence-corrected chi connectivity index (χ3v) is 31.9. The summed E-state index contributed by atoms with van der Waals surface area (Å²) < 4.78 is 5.15. The number of carbonyl (C=O) groups is 2. The Morgan fingerprint density at radius 3 is 0.847 bits per heavy atom. The molecule has 0 bridgehead atoms. The van der Waals surface area contributed by atoms with Crippen molar-refractivity contribution in [1.29, 1.82) is 0 Å². The van der Waals surface area contributed by atoms with Gasteiger partial charge < -0.3 is 9.80 Å². The van der Waals surface area contributed by atoms with Crippen molar-refractivity contribution in [2.75, 3.05) is 13.1 Å². The zero-order chi connectivity index (χ0) is 78.0. The van der Waals surface area contributed by atoms with E-state index in [1.54, 1.807) is 22.7 Å². The molecule has 2 atom stereocenters. The van der Waals surface area contributed by atoms with E-state index in [9.17, 15) is 0 Å². The Morgan fingerprint density at radius 2 is 0.568 bits per heavy atom. The topological polar surface area (TPSA) is 53.0 Å².